The van der Waals surface area contributed by atoms with E-state index in [1.807, 2.05) is 13.1 Å². The number of hydrogen-bond acceptors (Lipinski definition) is 7. The zero-order valence-electron chi connectivity index (χ0n) is 15.2. The van der Waals surface area contributed by atoms with Crippen molar-refractivity contribution in [2.75, 3.05) is 5.32 Å². The summed E-state index contributed by atoms with van der Waals surface area (Å²) in [5.74, 6) is -0.133. The van der Waals surface area contributed by atoms with Crippen molar-refractivity contribution in [3.8, 4) is 0 Å². The van der Waals surface area contributed by atoms with E-state index in [9.17, 15) is 14.9 Å². The average Bonchev–Trinajstić information content (AvgIpc) is 3.30. The number of nitrogens with one attached hydrogen (secondary N) is 1. The van der Waals surface area contributed by atoms with Crippen LogP contribution in [0.3, 0.4) is 0 Å². The summed E-state index contributed by atoms with van der Waals surface area (Å²) >= 11 is 1.57. The molecule has 1 atom stereocenters. The van der Waals surface area contributed by atoms with Gasteiger partial charge in [0.1, 0.15) is 10.7 Å². The Balaban J connectivity index is 1.89. The minimum absolute atomic E-state index is 0.158. The fourth-order valence-corrected chi connectivity index (χ4v) is 3.50. The molecular formula is C18H19N5O3S. The zero-order chi connectivity index (χ0) is 19.6. The van der Waals surface area contributed by atoms with Crippen LogP contribution in [0.2, 0.25) is 0 Å². The van der Waals surface area contributed by atoms with Crippen molar-refractivity contribution in [3.63, 3.8) is 0 Å². The number of anilines is 1. The molecule has 0 amide bonds. The molecule has 9 heteroatoms. The van der Waals surface area contributed by atoms with Crippen molar-refractivity contribution in [2.24, 2.45) is 7.05 Å². The number of aryl methyl sites for hydroxylation is 2. The minimum Gasteiger partial charge on any atom is -0.371 e. The first-order valence-corrected chi connectivity index (χ1v) is 9.24. The molecule has 2 aromatic heterocycles. The van der Waals surface area contributed by atoms with E-state index in [2.05, 4.69) is 22.2 Å². The average molecular weight is 385 g/mol. The maximum Gasteiger partial charge on any atom is 0.293 e. The van der Waals surface area contributed by atoms with Gasteiger partial charge < -0.3 is 9.88 Å². The highest BCUT2D eigenvalue weighted by Crippen LogP contribution is 2.31. The Bertz CT molecular complexity index is 995. The molecule has 0 bridgehead atoms. The number of nitrogens with zero attached hydrogens (tertiary/aromatic N) is 4. The largest absolute Gasteiger partial charge is 0.371 e. The standard InChI is InChI=1S/C18H19N5O3S/c1-4-13-10-20-18(27-13)11(2)21-14-6-5-12(9-15(14)23(25)26)16(24)17-19-7-8-22(17)3/h5-11,21H,4H2,1-3H3. The number of ketones is 1. The fourth-order valence-electron chi connectivity index (χ4n) is 2.64. The molecule has 0 aliphatic carbocycles. The Morgan fingerprint density at radius 2 is 2.19 bits per heavy atom. The lowest BCUT2D eigenvalue weighted by Crippen LogP contribution is -2.11. The normalized spacial score (nSPS) is 12.0. The second-order valence-electron chi connectivity index (χ2n) is 6.06. The number of hydrogen-bond donors (Lipinski definition) is 1. The second kappa shape index (κ2) is 7.67. The van der Waals surface area contributed by atoms with Crippen LogP contribution in [-0.4, -0.2) is 25.2 Å². The molecule has 0 fully saturated rings. The number of nitro benzene ring substituents is 1. The molecular weight excluding hydrogens is 366 g/mol. The Morgan fingerprint density at radius 3 is 2.78 bits per heavy atom. The quantitative estimate of drug-likeness (QED) is 0.377. The first kappa shape index (κ1) is 18.7. The molecule has 2 heterocycles. The van der Waals surface area contributed by atoms with Gasteiger partial charge in [0, 0.05) is 42.1 Å². The van der Waals surface area contributed by atoms with E-state index < -0.39 is 4.92 Å². The Morgan fingerprint density at radius 1 is 1.41 bits per heavy atom. The lowest BCUT2D eigenvalue weighted by Gasteiger charge is -2.13. The summed E-state index contributed by atoms with van der Waals surface area (Å²) in [6.45, 7) is 3.95. The van der Waals surface area contributed by atoms with Crippen molar-refractivity contribution in [1.29, 1.82) is 0 Å². The van der Waals surface area contributed by atoms with Gasteiger partial charge in [-0.1, -0.05) is 6.92 Å². The maximum atomic E-state index is 12.6. The molecule has 8 nitrogen and oxygen atoms in total. The Kier molecular flexibility index (Phi) is 5.31. The number of thiazole rings is 1. The topological polar surface area (TPSA) is 103 Å². The number of benzene rings is 1. The van der Waals surface area contributed by atoms with Gasteiger partial charge in [0.05, 0.1) is 11.0 Å². The Hall–Kier alpha value is -3.07. The van der Waals surface area contributed by atoms with Gasteiger partial charge in [0.2, 0.25) is 5.78 Å². The molecule has 0 spiro atoms. The molecule has 1 N–H and O–H groups in total. The minimum atomic E-state index is -0.496. The molecule has 1 unspecified atom stereocenters. The highest BCUT2D eigenvalue weighted by Gasteiger charge is 2.22. The maximum absolute atomic E-state index is 12.6. The number of carbonyl (C=O) groups excluding carboxylic acids is 1. The zero-order valence-corrected chi connectivity index (χ0v) is 16.0. The third kappa shape index (κ3) is 3.87. The van der Waals surface area contributed by atoms with Crippen LogP contribution in [0.25, 0.3) is 0 Å². The molecule has 0 aliphatic rings. The van der Waals surface area contributed by atoms with E-state index in [0.29, 0.717) is 5.69 Å². The lowest BCUT2D eigenvalue weighted by molar-refractivity contribution is -0.384. The van der Waals surface area contributed by atoms with Crippen molar-refractivity contribution in [2.45, 2.75) is 26.3 Å². The molecule has 3 aromatic rings. The summed E-state index contributed by atoms with van der Waals surface area (Å²) < 4.78 is 1.58. The summed E-state index contributed by atoms with van der Waals surface area (Å²) in [6.07, 6.45) is 5.88. The third-order valence-electron chi connectivity index (χ3n) is 4.14. The molecule has 27 heavy (non-hydrogen) atoms. The summed E-state index contributed by atoms with van der Waals surface area (Å²) in [4.78, 5) is 33.1. The molecule has 0 saturated heterocycles. The van der Waals surface area contributed by atoms with Gasteiger partial charge >= 0.3 is 0 Å². The van der Waals surface area contributed by atoms with Gasteiger partial charge in [-0.2, -0.15) is 0 Å². The smallest absolute Gasteiger partial charge is 0.293 e. The van der Waals surface area contributed by atoms with Crippen LogP contribution in [0.1, 0.15) is 46.0 Å². The van der Waals surface area contributed by atoms with Crippen LogP contribution in [0, 0.1) is 10.1 Å². The molecule has 0 saturated carbocycles. The van der Waals surface area contributed by atoms with Gasteiger partial charge in [-0.25, -0.2) is 9.97 Å². The van der Waals surface area contributed by atoms with Gasteiger partial charge in [0.15, 0.2) is 5.82 Å². The molecule has 3 rings (SSSR count). The summed E-state index contributed by atoms with van der Waals surface area (Å²) in [7, 11) is 1.70. The number of nitro groups is 1. The first-order valence-electron chi connectivity index (χ1n) is 8.42. The van der Waals surface area contributed by atoms with Crippen LogP contribution >= 0.6 is 11.3 Å². The van der Waals surface area contributed by atoms with E-state index in [4.69, 9.17) is 0 Å². The predicted octanol–water partition coefficient (Wildman–Crippen LogP) is 3.75. The van der Waals surface area contributed by atoms with Gasteiger partial charge in [-0.3, -0.25) is 14.9 Å². The molecule has 140 valence electrons. The van der Waals surface area contributed by atoms with Crippen molar-refractivity contribution in [3.05, 3.63) is 68.2 Å². The van der Waals surface area contributed by atoms with Crippen LogP contribution in [-0.2, 0) is 13.5 Å². The van der Waals surface area contributed by atoms with Crippen LogP contribution in [0.15, 0.2) is 36.8 Å². The highest BCUT2D eigenvalue weighted by molar-refractivity contribution is 7.11. The monoisotopic (exact) mass is 385 g/mol. The summed E-state index contributed by atoms with van der Waals surface area (Å²) in [5.41, 5.74) is 0.406. The van der Waals surface area contributed by atoms with Crippen molar-refractivity contribution >= 4 is 28.5 Å². The highest BCUT2D eigenvalue weighted by atomic mass is 32.1. The molecule has 1 aromatic carbocycles. The summed E-state index contributed by atoms with van der Waals surface area (Å²) in [5, 5.41) is 15.5. The van der Waals surface area contributed by atoms with Crippen molar-refractivity contribution in [1.82, 2.24) is 14.5 Å². The predicted molar refractivity (Wildman–Crippen MR) is 103 cm³/mol. The Labute approximate surface area is 160 Å². The van der Waals surface area contributed by atoms with Gasteiger partial charge in [-0.15, -0.1) is 11.3 Å². The molecule has 0 radical (unpaired) electrons. The molecule has 0 aliphatic heterocycles. The van der Waals surface area contributed by atoms with E-state index in [1.165, 1.54) is 12.3 Å². The van der Waals surface area contributed by atoms with E-state index >= 15 is 0 Å². The van der Waals surface area contributed by atoms with E-state index in [0.717, 1.165) is 16.3 Å². The first-order chi connectivity index (χ1) is 12.9. The number of aromatic nitrogens is 3. The van der Waals surface area contributed by atoms with Crippen molar-refractivity contribution < 1.29 is 9.72 Å². The number of rotatable bonds is 7. The van der Waals surface area contributed by atoms with Crippen LogP contribution < -0.4 is 5.32 Å². The van der Waals surface area contributed by atoms with Gasteiger partial charge in [-0.05, 0) is 25.5 Å². The number of carbonyl (C=O) groups is 1. The summed E-state index contributed by atoms with van der Waals surface area (Å²) in [6, 6.07) is 4.22. The van der Waals surface area contributed by atoms with Gasteiger partial charge in [0.25, 0.3) is 5.69 Å². The second-order valence-corrected chi connectivity index (χ2v) is 7.21. The van der Waals surface area contributed by atoms with E-state index in [-0.39, 0.29) is 28.9 Å². The van der Waals surface area contributed by atoms with Crippen LogP contribution in [0.5, 0.6) is 0 Å². The number of imidazole rings is 1. The third-order valence-corrected chi connectivity index (χ3v) is 5.47. The fraction of sp³-hybridized carbons (Fsp3) is 0.278. The SMILES string of the molecule is CCc1cnc(C(C)Nc2ccc(C(=O)c3nccn3C)cc2[N+](=O)[O-])s1. The van der Waals surface area contributed by atoms with E-state index in [1.54, 1.807) is 41.3 Å². The van der Waals surface area contributed by atoms with Crippen LogP contribution in [0.4, 0.5) is 11.4 Å². The lowest BCUT2D eigenvalue weighted by atomic mass is 10.1.